The molecule has 7 heteroatoms. The predicted octanol–water partition coefficient (Wildman–Crippen LogP) is 3.34. The molecule has 0 aromatic carbocycles. The molecule has 5 nitrogen and oxygen atoms in total. The van der Waals surface area contributed by atoms with Crippen molar-refractivity contribution in [3.63, 3.8) is 0 Å². The lowest BCUT2D eigenvalue weighted by Crippen LogP contribution is -2.14. The second-order valence-corrected chi connectivity index (χ2v) is 6.47. The number of aromatic nitrogens is 1. The van der Waals surface area contributed by atoms with E-state index < -0.39 is 5.97 Å². The molecular weight excluding hydrogens is 308 g/mol. The Morgan fingerprint density at radius 1 is 1.43 bits per heavy atom. The van der Waals surface area contributed by atoms with Crippen LogP contribution in [-0.2, 0) is 17.6 Å². The first kappa shape index (κ1) is 15.7. The lowest BCUT2D eigenvalue weighted by atomic mass is 10.1. The number of hydrogen-bond donors (Lipinski definition) is 2. The molecule has 0 aliphatic heterocycles. The third-order valence-electron chi connectivity index (χ3n) is 3.12. The summed E-state index contributed by atoms with van der Waals surface area (Å²) in [7, 11) is 0. The van der Waals surface area contributed by atoms with Crippen molar-refractivity contribution in [2.75, 3.05) is 5.32 Å². The molecule has 0 aliphatic rings. The molecule has 0 radical (unpaired) electrons. The summed E-state index contributed by atoms with van der Waals surface area (Å²) in [4.78, 5) is 28.4. The number of rotatable bonds is 6. The number of aryl methyl sites for hydroxylation is 2. The summed E-state index contributed by atoms with van der Waals surface area (Å²) in [5, 5.41) is 14.4. The number of thiazole rings is 1. The maximum atomic E-state index is 12.0. The molecule has 0 unspecified atom stereocenters. The van der Waals surface area contributed by atoms with Crippen LogP contribution in [0.2, 0.25) is 0 Å². The number of anilines is 1. The first-order chi connectivity index (χ1) is 10.0. The van der Waals surface area contributed by atoms with Gasteiger partial charge in [-0.25, -0.2) is 9.78 Å². The van der Waals surface area contributed by atoms with Crippen LogP contribution in [0.25, 0.3) is 0 Å². The van der Waals surface area contributed by atoms with Gasteiger partial charge in [-0.1, -0.05) is 6.92 Å². The highest BCUT2D eigenvalue weighted by molar-refractivity contribution is 7.16. The number of carbonyl (C=O) groups excluding carboxylic acids is 1. The quantitative estimate of drug-likeness (QED) is 0.854. The number of hydrogen-bond acceptors (Lipinski definition) is 5. The first-order valence-electron chi connectivity index (χ1n) is 6.55. The van der Waals surface area contributed by atoms with Gasteiger partial charge in [0.2, 0.25) is 5.91 Å². The number of carboxylic acid groups (broad SMARTS) is 1. The van der Waals surface area contributed by atoms with E-state index in [1.807, 2.05) is 19.2 Å². The molecule has 0 bridgehead atoms. The van der Waals surface area contributed by atoms with E-state index in [1.54, 1.807) is 5.51 Å². The molecule has 0 saturated heterocycles. The van der Waals surface area contributed by atoms with E-state index in [0.29, 0.717) is 24.3 Å². The summed E-state index contributed by atoms with van der Waals surface area (Å²) in [6, 6.07) is 0. The number of thiophene rings is 1. The highest BCUT2D eigenvalue weighted by Gasteiger charge is 2.21. The van der Waals surface area contributed by atoms with E-state index in [0.717, 1.165) is 16.1 Å². The summed E-state index contributed by atoms with van der Waals surface area (Å²) < 4.78 is 0. The lowest BCUT2D eigenvalue weighted by molar-refractivity contribution is -0.116. The SMILES string of the molecule is CCc1c(C)sc(NC(=O)CCc2cscn2)c1C(=O)O. The second kappa shape index (κ2) is 6.82. The van der Waals surface area contributed by atoms with Crippen molar-refractivity contribution >= 4 is 39.6 Å². The Bertz CT molecular complexity index is 647. The standard InChI is InChI=1S/C14H16N2O3S2/c1-3-10-8(2)21-13(12(10)14(18)19)16-11(17)5-4-9-6-20-7-15-9/h6-7H,3-5H2,1-2H3,(H,16,17)(H,18,19). The van der Waals surface area contributed by atoms with Crippen molar-refractivity contribution in [1.29, 1.82) is 0 Å². The van der Waals surface area contributed by atoms with Gasteiger partial charge in [-0.2, -0.15) is 0 Å². The van der Waals surface area contributed by atoms with Crippen molar-refractivity contribution in [3.05, 3.63) is 32.6 Å². The number of aromatic carboxylic acids is 1. The van der Waals surface area contributed by atoms with Crippen LogP contribution in [-0.4, -0.2) is 22.0 Å². The topological polar surface area (TPSA) is 79.3 Å². The summed E-state index contributed by atoms with van der Waals surface area (Å²) in [5.41, 5.74) is 3.63. The summed E-state index contributed by atoms with van der Waals surface area (Å²) >= 11 is 2.81. The Morgan fingerprint density at radius 2 is 2.19 bits per heavy atom. The molecule has 2 aromatic rings. The van der Waals surface area contributed by atoms with Gasteiger partial charge in [0, 0.05) is 16.7 Å². The zero-order valence-corrected chi connectivity index (χ0v) is 13.4. The molecule has 2 N–H and O–H groups in total. The van der Waals surface area contributed by atoms with Crippen molar-refractivity contribution in [2.45, 2.75) is 33.1 Å². The van der Waals surface area contributed by atoms with Crippen molar-refractivity contribution < 1.29 is 14.7 Å². The molecular formula is C14H16N2O3S2. The number of nitrogens with zero attached hydrogens (tertiary/aromatic N) is 1. The summed E-state index contributed by atoms with van der Waals surface area (Å²) in [6.45, 7) is 3.79. The molecule has 0 atom stereocenters. The van der Waals surface area contributed by atoms with Gasteiger partial charge < -0.3 is 10.4 Å². The van der Waals surface area contributed by atoms with E-state index in [2.05, 4.69) is 10.3 Å². The van der Waals surface area contributed by atoms with Gasteiger partial charge in [0.05, 0.1) is 16.8 Å². The fourth-order valence-electron chi connectivity index (χ4n) is 2.11. The fraction of sp³-hybridized carbons (Fsp3) is 0.357. The molecule has 0 saturated carbocycles. The van der Waals surface area contributed by atoms with Crippen molar-refractivity contribution in [2.24, 2.45) is 0 Å². The van der Waals surface area contributed by atoms with E-state index >= 15 is 0 Å². The number of carbonyl (C=O) groups is 2. The zero-order chi connectivity index (χ0) is 15.4. The van der Waals surface area contributed by atoms with Crippen LogP contribution in [0.15, 0.2) is 10.9 Å². The van der Waals surface area contributed by atoms with Crippen LogP contribution >= 0.6 is 22.7 Å². The Balaban J connectivity index is 2.08. The monoisotopic (exact) mass is 324 g/mol. The van der Waals surface area contributed by atoms with Crippen LogP contribution in [0.3, 0.4) is 0 Å². The van der Waals surface area contributed by atoms with E-state index in [-0.39, 0.29) is 11.5 Å². The second-order valence-electron chi connectivity index (χ2n) is 4.53. The highest BCUT2D eigenvalue weighted by Crippen LogP contribution is 2.33. The predicted molar refractivity (Wildman–Crippen MR) is 84.5 cm³/mol. The van der Waals surface area contributed by atoms with E-state index in [4.69, 9.17) is 0 Å². The molecule has 1 amide bonds. The van der Waals surface area contributed by atoms with Gasteiger partial charge in [-0.15, -0.1) is 22.7 Å². The van der Waals surface area contributed by atoms with Crippen LogP contribution in [0.5, 0.6) is 0 Å². The molecule has 0 spiro atoms. The minimum Gasteiger partial charge on any atom is -0.478 e. The summed E-state index contributed by atoms with van der Waals surface area (Å²) in [5.74, 6) is -1.18. The molecule has 2 rings (SSSR count). The van der Waals surface area contributed by atoms with Crippen LogP contribution < -0.4 is 5.32 Å². The van der Waals surface area contributed by atoms with Gasteiger partial charge in [0.25, 0.3) is 0 Å². The number of carboxylic acids is 1. The van der Waals surface area contributed by atoms with Crippen LogP contribution in [0.4, 0.5) is 5.00 Å². The van der Waals surface area contributed by atoms with Crippen LogP contribution in [0, 0.1) is 6.92 Å². The Morgan fingerprint density at radius 3 is 2.76 bits per heavy atom. The fourth-order valence-corrected chi connectivity index (χ4v) is 3.86. The maximum Gasteiger partial charge on any atom is 0.339 e. The lowest BCUT2D eigenvalue weighted by Gasteiger charge is -2.04. The van der Waals surface area contributed by atoms with Gasteiger partial charge in [0.15, 0.2) is 0 Å². The molecule has 112 valence electrons. The minimum absolute atomic E-state index is 0.186. The van der Waals surface area contributed by atoms with Crippen molar-refractivity contribution in [1.82, 2.24) is 4.98 Å². The largest absolute Gasteiger partial charge is 0.478 e. The average Bonchev–Trinajstić information content (AvgIpc) is 3.03. The van der Waals surface area contributed by atoms with Gasteiger partial charge in [0.1, 0.15) is 5.00 Å². The number of amides is 1. The van der Waals surface area contributed by atoms with Crippen LogP contribution in [0.1, 0.15) is 39.8 Å². The Kier molecular flexibility index (Phi) is 5.08. The molecule has 0 fully saturated rings. The third kappa shape index (κ3) is 3.68. The van der Waals surface area contributed by atoms with E-state index in [1.165, 1.54) is 22.7 Å². The first-order valence-corrected chi connectivity index (χ1v) is 8.31. The third-order valence-corrected chi connectivity index (χ3v) is 4.82. The van der Waals surface area contributed by atoms with Gasteiger partial charge in [-0.05, 0) is 25.3 Å². The van der Waals surface area contributed by atoms with E-state index in [9.17, 15) is 14.7 Å². The summed E-state index contributed by atoms with van der Waals surface area (Å²) in [6.07, 6.45) is 1.49. The molecule has 21 heavy (non-hydrogen) atoms. The average molecular weight is 324 g/mol. The van der Waals surface area contributed by atoms with Gasteiger partial charge >= 0.3 is 5.97 Å². The van der Waals surface area contributed by atoms with Crippen molar-refractivity contribution in [3.8, 4) is 0 Å². The number of nitrogens with one attached hydrogen (secondary N) is 1. The zero-order valence-electron chi connectivity index (χ0n) is 11.8. The minimum atomic E-state index is -0.994. The Hall–Kier alpha value is -1.73. The molecule has 2 aromatic heterocycles. The molecule has 0 aliphatic carbocycles. The maximum absolute atomic E-state index is 12.0. The highest BCUT2D eigenvalue weighted by atomic mass is 32.1. The normalized spacial score (nSPS) is 10.6. The van der Waals surface area contributed by atoms with Gasteiger partial charge in [-0.3, -0.25) is 4.79 Å². The smallest absolute Gasteiger partial charge is 0.339 e. The Labute approximate surface area is 130 Å². The molecule has 2 heterocycles.